The Morgan fingerprint density at radius 1 is 1.47 bits per heavy atom. The topological polar surface area (TPSA) is 38.1 Å². The van der Waals surface area contributed by atoms with Crippen LogP contribution in [0, 0.1) is 5.92 Å². The smallest absolute Gasteiger partial charge is 0.120 e. The maximum atomic E-state index is 5.83. The Labute approximate surface area is 118 Å². The predicted octanol–water partition coefficient (Wildman–Crippen LogP) is 4.10. The fraction of sp³-hybridized carbons (Fsp3) is 0.533. The maximum absolute atomic E-state index is 5.83. The second-order valence-electron chi connectivity index (χ2n) is 5.23. The van der Waals surface area contributed by atoms with Crippen LogP contribution >= 0.6 is 11.3 Å². The van der Waals surface area contributed by atoms with Gasteiger partial charge in [0, 0.05) is 18.0 Å². The van der Waals surface area contributed by atoms with Crippen molar-refractivity contribution in [3.8, 4) is 0 Å². The summed E-state index contributed by atoms with van der Waals surface area (Å²) < 4.78 is 5.83. The van der Waals surface area contributed by atoms with Crippen molar-refractivity contribution >= 4 is 11.3 Å². The van der Waals surface area contributed by atoms with Crippen molar-refractivity contribution in [3.05, 3.63) is 40.2 Å². The van der Waals surface area contributed by atoms with Gasteiger partial charge in [-0.2, -0.15) is 0 Å². The van der Waals surface area contributed by atoms with E-state index in [1.165, 1.54) is 17.8 Å². The minimum Gasteiger partial charge on any atom is -0.464 e. The summed E-state index contributed by atoms with van der Waals surface area (Å²) in [5.41, 5.74) is 0. The highest BCUT2D eigenvalue weighted by molar-refractivity contribution is 7.09. The summed E-state index contributed by atoms with van der Waals surface area (Å²) in [7, 11) is 0. The van der Waals surface area contributed by atoms with Crippen LogP contribution in [0.3, 0.4) is 0 Å². The molecule has 0 radical (unpaired) electrons. The van der Waals surface area contributed by atoms with Gasteiger partial charge in [-0.1, -0.05) is 6.92 Å². The largest absolute Gasteiger partial charge is 0.464 e. The number of rotatable bonds is 6. The Balaban J connectivity index is 1.71. The number of nitrogens with zero attached hydrogens (tertiary/aromatic N) is 1. The molecule has 2 aromatic rings. The van der Waals surface area contributed by atoms with Gasteiger partial charge in [0.1, 0.15) is 16.5 Å². The first-order chi connectivity index (χ1) is 9.28. The molecule has 0 amide bonds. The number of furan rings is 1. The molecule has 1 N–H and O–H groups in total. The Morgan fingerprint density at radius 2 is 2.32 bits per heavy atom. The van der Waals surface area contributed by atoms with Crippen LogP contribution in [-0.2, 0) is 6.42 Å². The minimum atomic E-state index is 0.231. The first-order valence-electron chi connectivity index (χ1n) is 7.02. The normalized spacial score (nSPS) is 18.4. The van der Waals surface area contributed by atoms with Crippen LogP contribution in [0.25, 0.3) is 0 Å². The summed E-state index contributed by atoms with van der Waals surface area (Å²) in [6.07, 6.45) is 5.46. The second-order valence-corrected chi connectivity index (χ2v) is 6.16. The molecule has 0 spiro atoms. The number of hydrogen-bond donors (Lipinski definition) is 1. The fourth-order valence-electron chi connectivity index (χ4n) is 2.40. The van der Waals surface area contributed by atoms with Crippen LogP contribution in [0.4, 0.5) is 0 Å². The van der Waals surface area contributed by atoms with Gasteiger partial charge in [0.25, 0.3) is 0 Å². The van der Waals surface area contributed by atoms with E-state index in [0.717, 1.165) is 23.9 Å². The highest BCUT2D eigenvalue weighted by Gasteiger charge is 2.35. The van der Waals surface area contributed by atoms with E-state index in [0.29, 0.717) is 6.04 Å². The molecule has 4 heteroatoms. The van der Waals surface area contributed by atoms with Crippen molar-refractivity contribution in [1.82, 2.24) is 10.3 Å². The van der Waals surface area contributed by atoms with Crippen LogP contribution in [0.15, 0.2) is 28.1 Å². The van der Waals surface area contributed by atoms with E-state index >= 15 is 0 Å². The minimum absolute atomic E-state index is 0.231. The van der Waals surface area contributed by atoms with Crippen LogP contribution in [0.5, 0.6) is 0 Å². The van der Waals surface area contributed by atoms with Crippen molar-refractivity contribution in [2.45, 2.75) is 45.2 Å². The molecule has 1 aliphatic carbocycles. The Hall–Kier alpha value is -1.13. The van der Waals surface area contributed by atoms with E-state index in [4.69, 9.17) is 4.42 Å². The van der Waals surface area contributed by atoms with Gasteiger partial charge in [-0.15, -0.1) is 11.3 Å². The molecule has 19 heavy (non-hydrogen) atoms. The Bertz CT molecular complexity index is 516. The van der Waals surface area contributed by atoms with E-state index < -0.39 is 0 Å². The SMILES string of the molecule is CCc1ccc([C@H](C)N[C@H](c2nccs2)C2CC2)o1. The summed E-state index contributed by atoms with van der Waals surface area (Å²) in [5, 5.41) is 6.95. The lowest BCUT2D eigenvalue weighted by Gasteiger charge is -2.20. The van der Waals surface area contributed by atoms with Crippen LogP contribution in [0.1, 0.15) is 55.3 Å². The van der Waals surface area contributed by atoms with Gasteiger partial charge >= 0.3 is 0 Å². The highest BCUT2D eigenvalue weighted by atomic mass is 32.1. The molecule has 0 aliphatic heterocycles. The second kappa shape index (κ2) is 5.47. The molecule has 0 aromatic carbocycles. The number of aromatic nitrogens is 1. The molecule has 0 unspecified atom stereocenters. The molecule has 0 bridgehead atoms. The molecule has 1 fully saturated rings. The van der Waals surface area contributed by atoms with Gasteiger partial charge in [0.15, 0.2) is 0 Å². The molecule has 2 aromatic heterocycles. The van der Waals surface area contributed by atoms with Crippen LogP contribution < -0.4 is 5.32 Å². The van der Waals surface area contributed by atoms with Crippen molar-refractivity contribution < 1.29 is 4.42 Å². The molecule has 102 valence electrons. The molecule has 0 saturated heterocycles. The summed E-state index contributed by atoms with van der Waals surface area (Å²) in [5.74, 6) is 2.83. The lowest BCUT2D eigenvalue weighted by molar-refractivity contribution is 0.361. The number of thiazole rings is 1. The van der Waals surface area contributed by atoms with Gasteiger partial charge in [0.05, 0.1) is 12.1 Å². The molecular formula is C15H20N2OS. The van der Waals surface area contributed by atoms with Crippen LogP contribution in [-0.4, -0.2) is 4.98 Å². The third-order valence-corrected chi connectivity index (χ3v) is 4.56. The zero-order chi connectivity index (χ0) is 13.2. The zero-order valence-corrected chi connectivity index (χ0v) is 12.2. The third-order valence-electron chi connectivity index (χ3n) is 3.70. The average Bonchev–Trinajstić information content (AvgIpc) is 2.95. The van der Waals surface area contributed by atoms with Crippen molar-refractivity contribution in [2.24, 2.45) is 5.92 Å². The Morgan fingerprint density at radius 3 is 2.89 bits per heavy atom. The maximum Gasteiger partial charge on any atom is 0.120 e. The summed E-state index contributed by atoms with van der Waals surface area (Å²) in [6.45, 7) is 4.28. The highest BCUT2D eigenvalue weighted by Crippen LogP contribution is 2.42. The molecule has 2 atom stereocenters. The quantitative estimate of drug-likeness (QED) is 0.863. The van der Waals surface area contributed by atoms with Gasteiger partial charge in [-0.25, -0.2) is 4.98 Å². The van der Waals surface area contributed by atoms with E-state index in [1.54, 1.807) is 11.3 Å². The van der Waals surface area contributed by atoms with E-state index in [1.807, 2.05) is 6.20 Å². The molecule has 1 aliphatic rings. The van der Waals surface area contributed by atoms with Gasteiger partial charge in [0.2, 0.25) is 0 Å². The molecular weight excluding hydrogens is 256 g/mol. The monoisotopic (exact) mass is 276 g/mol. The molecule has 1 saturated carbocycles. The van der Waals surface area contributed by atoms with E-state index in [9.17, 15) is 0 Å². The molecule has 2 heterocycles. The summed E-state index contributed by atoms with van der Waals surface area (Å²) in [6, 6.07) is 4.77. The lowest BCUT2D eigenvalue weighted by atomic mass is 10.1. The summed E-state index contributed by atoms with van der Waals surface area (Å²) in [4.78, 5) is 4.47. The molecule has 3 nitrogen and oxygen atoms in total. The van der Waals surface area contributed by atoms with Gasteiger partial charge in [-0.05, 0) is 37.8 Å². The predicted molar refractivity (Wildman–Crippen MR) is 77.2 cm³/mol. The Kier molecular flexibility index (Phi) is 3.71. The van der Waals surface area contributed by atoms with Crippen molar-refractivity contribution in [3.63, 3.8) is 0 Å². The number of nitrogens with one attached hydrogen (secondary N) is 1. The third kappa shape index (κ3) is 2.90. The summed E-state index contributed by atoms with van der Waals surface area (Å²) >= 11 is 1.74. The van der Waals surface area contributed by atoms with Gasteiger partial charge in [-0.3, -0.25) is 5.32 Å². The molecule has 3 rings (SSSR count). The zero-order valence-electron chi connectivity index (χ0n) is 11.4. The van der Waals surface area contributed by atoms with E-state index in [-0.39, 0.29) is 6.04 Å². The van der Waals surface area contributed by atoms with Crippen molar-refractivity contribution in [1.29, 1.82) is 0 Å². The average molecular weight is 276 g/mol. The van der Waals surface area contributed by atoms with Crippen LogP contribution in [0.2, 0.25) is 0 Å². The van der Waals surface area contributed by atoms with E-state index in [2.05, 4.69) is 41.7 Å². The number of hydrogen-bond acceptors (Lipinski definition) is 4. The lowest BCUT2D eigenvalue weighted by Crippen LogP contribution is -2.25. The first-order valence-corrected chi connectivity index (χ1v) is 7.90. The van der Waals surface area contributed by atoms with Crippen molar-refractivity contribution in [2.75, 3.05) is 0 Å². The standard InChI is InChI=1S/C15H20N2OS/c1-3-12-6-7-13(18-12)10(2)17-14(11-4-5-11)15-16-8-9-19-15/h6-11,14,17H,3-5H2,1-2H3/t10-,14-/m0/s1. The first kappa shape index (κ1) is 12.9. The number of aryl methyl sites for hydroxylation is 1. The van der Waals surface area contributed by atoms with Gasteiger partial charge < -0.3 is 4.42 Å². The fourth-order valence-corrected chi connectivity index (χ4v) is 3.19.